The Morgan fingerprint density at radius 3 is 2.59 bits per heavy atom. The number of hydrogen-bond donors (Lipinski definition) is 3. The molecule has 156 valence electrons. The van der Waals surface area contributed by atoms with Crippen LogP contribution in [0.1, 0.15) is 79.7 Å². The van der Waals surface area contributed by atoms with Crippen LogP contribution in [0, 0.1) is 22.7 Å². The lowest BCUT2D eigenvalue weighted by molar-refractivity contribution is -0.210. The molecule has 0 radical (unpaired) electrons. The van der Waals surface area contributed by atoms with Gasteiger partial charge in [0, 0.05) is 17.4 Å². The molecule has 2 aliphatic heterocycles. The fraction of sp³-hybridized carbons (Fsp3) is 0.652. The minimum Gasteiger partial charge on any atom is -0.508 e. The summed E-state index contributed by atoms with van der Waals surface area (Å²) in [5.74, 6) is -0.0694. The molecular weight excluding hydrogens is 370 g/mol. The lowest BCUT2D eigenvalue weighted by Crippen LogP contribution is -2.66. The minimum atomic E-state index is -0.575. The van der Waals surface area contributed by atoms with E-state index in [1.807, 2.05) is 0 Å². The van der Waals surface area contributed by atoms with Crippen LogP contribution in [0.3, 0.4) is 0 Å². The molecule has 5 rings (SSSR count). The normalized spacial score (nSPS) is 39.6. The van der Waals surface area contributed by atoms with E-state index in [2.05, 4.69) is 33.0 Å². The number of amides is 2. The van der Waals surface area contributed by atoms with E-state index in [1.165, 1.54) is 6.07 Å². The van der Waals surface area contributed by atoms with Crippen LogP contribution in [0.5, 0.6) is 11.5 Å². The van der Waals surface area contributed by atoms with Gasteiger partial charge in [-0.1, -0.05) is 27.7 Å². The zero-order valence-corrected chi connectivity index (χ0v) is 17.5. The van der Waals surface area contributed by atoms with Crippen LogP contribution < -0.4 is 10.1 Å². The summed E-state index contributed by atoms with van der Waals surface area (Å²) < 4.78 is 6.74. The minimum absolute atomic E-state index is 0.0218. The van der Waals surface area contributed by atoms with Crippen molar-refractivity contribution in [3.8, 4) is 11.5 Å². The van der Waals surface area contributed by atoms with Crippen molar-refractivity contribution in [3.63, 3.8) is 0 Å². The number of carbonyl (C=O) groups is 2. The zero-order chi connectivity index (χ0) is 20.9. The number of phenolic OH excluding ortho intramolecular Hbond substituents is 1. The molecule has 2 aliphatic carbocycles. The lowest BCUT2D eigenvalue weighted by atomic mass is 9.43. The van der Waals surface area contributed by atoms with Crippen molar-refractivity contribution < 1.29 is 24.5 Å². The summed E-state index contributed by atoms with van der Waals surface area (Å²) in [5.41, 5.74) is 0.0426. The molecule has 4 aliphatic rings. The predicted molar refractivity (Wildman–Crippen MR) is 106 cm³/mol. The monoisotopic (exact) mass is 399 g/mol. The number of hydrogen-bond acceptors (Lipinski definition) is 5. The standard InChI is InChI=1S/C23H29NO5/c1-11-5-6-15-21(2,3)16(26)7-8-22(15,4)23(11)10-13-14(25)9-12-17(18(13)29-23)20(28)24-19(12)27/h9,11,15-16,25-26H,5-8,10H2,1-4H3,(H,24,27,28)/t11-,15+,16-,22+,23-/m1/s1. The Kier molecular flexibility index (Phi) is 3.61. The van der Waals surface area contributed by atoms with E-state index >= 15 is 0 Å². The highest BCUT2D eigenvalue weighted by atomic mass is 16.5. The number of ether oxygens (including phenoxy) is 1. The number of imide groups is 1. The highest BCUT2D eigenvalue weighted by Gasteiger charge is 2.67. The van der Waals surface area contributed by atoms with Crippen molar-refractivity contribution in [2.75, 3.05) is 0 Å². The second kappa shape index (κ2) is 5.54. The summed E-state index contributed by atoms with van der Waals surface area (Å²) in [6.07, 6.45) is 3.68. The van der Waals surface area contributed by atoms with Gasteiger partial charge in [0.05, 0.1) is 17.2 Å². The molecule has 6 nitrogen and oxygen atoms in total. The van der Waals surface area contributed by atoms with E-state index in [4.69, 9.17) is 4.74 Å². The summed E-state index contributed by atoms with van der Waals surface area (Å²) >= 11 is 0. The number of aromatic hydroxyl groups is 1. The molecule has 0 bridgehead atoms. The number of aliphatic hydroxyl groups is 1. The number of rotatable bonds is 0. The molecule has 2 heterocycles. The van der Waals surface area contributed by atoms with Gasteiger partial charge >= 0.3 is 0 Å². The Balaban J connectivity index is 1.68. The molecule has 3 N–H and O–H groups in total. The molecule has 1 aromatic carbocycles. The number of benzene rings is 1. The largest absolute Gasteiger partial charge is 0.508 e. The molecule has 1 spiro atoms. The Bertz CT molecular complexity index is 953. The van der Waals surface area contributed by atoms with Gasteiger partial charge in [-0.15, -0.1) is 0 Å². The first-order valence-electron chi connectivity index (χ1n) is 10.6. The Morgan fingerprint density at radius 1 is 1.14 bits per heavy atom. The topological polar surface area (TPSA) is 95.9 Å². The fourth-order valence-corrected chi connectivity index (χ4v) is 7.13. The van der Waals surface area contributed by atoms with Crippen LogP contribution in [0.2, 0.25) is 0 Å². The SMILES string of the molecule is C[C@@H]1CC[C@H]2C(C)(C)[C@H](O)CC[C@]2(C)[C@@]12Cc1c(O)cc3c(c1O2)C(=O)NC3=O. The van der Waals surface area contributed by atoms with Crippen molar-refractivity contribution in [2.45, 2.75) is 71.5 Å². The summed E-state index contributed by atoms with van der Waals surface area (Å²) in [7, 11) is 0. The van der Waals surface area contributed by atoms with Gasteiger partial charge in [-0.25, -0.2) is 0 Å². The molecule has 6 heteroatoms. The van der Waals surface area contributed by atoms with Crippen molar-refractivity contribution in [3.05, 3.63) is 22.8 Å². The molecule has 2 amide bonds. The van der Waals surface area contributed by atoms with Gasteiger partial charge in [-0.2, -0.15) is 0 Å². The molecule has 2 saturated carbocycles. The molecule has 0 unspecified atom stereocenters. The summed E-state index contributed by atoms with van der Waals surface area (Å²) in [5, 5.41) is 23.8. The Labute approximate surface area is 170 Å². The van der Waals surface area contributed by atoms with E-state index in [9.17, 15) is 19.8 Å². The predicted octanol–water partition coefficient (Wildman–Crippen LogP) is 3.18. The molecule has 29 heavy (non-hydrogen) atoms. The summed E-state index contributed by atoms with van der Waals surface area (Å²) in [4.78, 5) is 24.6. The molecule has 1 aromatic rings. The number of carbonyl (C=O) groups excluding carboxylic acids is 2. The Hall–Kier alpha value is -2.08. The van der Waals surface area contributed by atoms with Crippen LogP contribution >= 0.6 is 0 Å². The van der Waals surface area contributed by atoms with Gasteiger partial charge < -0.3 is 14.9 Å². The quantitative estimate of drug-likeness (QED) is 0.583. The fourth-order valence-electron chi connectivity index (χ4n) is 7.13. The number of phenols is 1. The first-order valence-corrected chi connectivity index (χ1v) is 10.6. The first kappa shape index (κ1) is 18.9. The third kappa shape index (κ3) is 2.11. The maximum absolute atomic E-state index is 12.5. The average molecular weight is 399 g/mol. The molecule has 0 aromatic heterocycles. The smallest absolute Gasteiger partial charge is 0.262 e. The highest BCUT2D eigenvalue weighted by Crippen LogP contribution is 2.67. The van der Waals surface area contributed by atoms with Crippen LogP contribution in [0.15, 0.2) is 6.07 Å². The van der Waals surface area contributed by atoms with Crippen LogP contribution in [0.4, 0.5) is 0 Å². The third-order valence-corrected chi connectivity index (χ3v) is 8.90. The van der Waals surface area contributed by atoms with Crippen LogP contribution in [0.25, 0.3) is 0 Å². The maximum atomic E-state index is 12.5. The van der Waals surface area contributed by atoms with E-state index in [0.717, 1.165) is 19.3 Å². The van der Waals surface area contributed by atoms with Crippen molar-refractivity contribution in [1.82, 2.24) is 5.32 Å². The van der Waals surface area contributed by atoms with E-state index in [0.29, 0.717) is 24.2 Å². The third-order valence-electron chi connectivity index (χ3n) is 8.90. The van der Waals surface area contributed by atoms with Gasteiger partial charge in [0.1, 0.15) is 17.1 Å². The van der Waals surface area contributed by atoms with Crippen molar-refractivity contribution in [1.29, 1.82) is 0 Å². The van der Waals surface area contributed by atoms with E-state index in [1.54, 1.807) is 0 Å². The van der Waals surface area contributed by atoms with Gasteiger partial charge in [0.25, 0.3) is 11.8 Å². The first-order chi connectivity index (χ1) is 13.5. The van der Waals surface area contributed by atoms with E-state index < -0.39 is 17.4 Å². The lowest BCUT2D eigenvalue weighted by Gasteiger charge is -2.64. The van der Waals surface area contributed by atoms with Crippen LogP contribution in [-0.2, 0) is 6.42 Å². The number of fused-ring (bicyclic) bond motifs is 5. The Morgan fingerprint density at radius 2 is 1.86 bits per heavy atom. The molecular formula is C23H29NO5. The van der Waals surface area contributed by atoms with Crippen molar-refractivity contribution >= 4 is 11.8 Å². The summed E-state index contributed by atoms with van der Waals surface area (Å²) in [6, 6.07) is 1.40. The average Bonchev–Trinajstić information content (AvgIpc) is 3.17. The van der Waals surface area contributed by atoms with Gasteiger partial charge in [0.15, 0.2) is 0 Å². The zero-order valence-electron chi connectivity index (χ0n) is 17.5. The second-order valence-corrected chi connectivity index (χ2v) is 10.4. The van der Waals surface area contributed by atoms with Crippen molar-refractivity contribution in [2.24, 2.45) is 22.7 Å². The maximum Gasteiger partial charge on any atom is 0.262 e. The van der Waals surface area contributed by atoms with Crippen LogP contribution in [-0.4, -0.2) is 33.7 Å². The second-order valence-electron chi connectivity index (χ2n) is 10.4. The number of nitrogens with one attached hydrogen (secondary N) is 1. The number of aliphatic hydroxyl groups excluding tert-OH is 1. The van der Waals surface area contributed by atoms with Gasteiger partial charge in [0.2, 0.25) is 0 Å². The molecule has 5 atom stereocenters. The van der Waals surface area contributed by atoms with Gasteiger partial charge in [-0.05, 0) is 49.0 Å². The van der Waals surface area contributed by atoms with Gasteiger partial charge in [-0.3, -0.25) is 14.9 Å². The highest BCUT2D eigenvalue weighted by molar-refractivity contribution is 6.23. The summed E-state index contributed by atoms with van der Waals surface area (Å²) in [6.45, 7) is 8.74. The molecule has 0 saturated heterocycles. The van der Waals surface area contributed by atoms with E-state index in [-0.39, 0.29) is 45.6 Å². The molecule has 2 fully saturated rings.